The molecule has 0 bridgehead atoms. The van der Waals surface area contributed by atoms with E-state index in [1.807, 2.05) is 6.92 Å². The Hall–Kier alpha value is -1.63. The van der Waals surface area contributed by atoms with Gasteiger partial charge in [0.25, 0.3) is 0 Å². The Kier molecular flexibility index (Phi) is 7.14. The summed E-state index contributed by atoms with van der Waals surface area (Å²) in [5.74, 6) is -2.52. The van der Waals surface area contributed by atoms with Crippen molar-refractivity contribution < 1.29 is 24.2 Å². The summed E-state index contributed by atoms with van der Waals surface area (Å²) in [5.41, 5.74) is 0. The number of carbonyl (C=O) groups is 3. The van der Waals surface area contributed by atoms with Crippen LogP contribution < -0.4 is 10.6 Å². The van der Waals surface area contributed by atoms with Crippen molar-refractivity contribution in [3.8, 4) is 0 Å². The van der Waals surface area contributed by atoms with Crippen LogP contribution in [0.15, 0.2) is 0 Å². The molecule has 0 heterocycles. The van der Waals surface area contributed by atoms with Crippen LogP contribution in [0.25, 0.3) is 0 Å². The van der Waals surface area contributed by atoms with Crippen molar-refractivity contribution in [3.63, 3.8) is 0 Å². The molecule has 1 aliphatic carbocycles. The number of aliphatic carboxylic acids is 1. The van der Waals surface area contributed by atoms with Gasteiger partial charge in [-0.2, -0.15) is 0 Å². The third-order valence-electron chi connectivity index (χ3n) is 3.94. The monoisotopic (exact) mass is 300 g/mol. The highest BCUT2D eigenvalue weighted by Crippen LogP contribution is 2.38. The van der Waals surface area contributed by atoms with Crippen molar-refractivity contribution in [2.75, 3.05) is 26.8 Å². The molecule has 7 nitrogen and oxygen atoms in total. The third kappa shape index (κ3) is 5.34. The first-order valence-corrected chi connectivity index (χ1v) is 7.25. The fourth-order valence-corrected chi connectivity index (χ4v) is 2.69. The molecule has 0 aromatic rings. The van der Waals surface area contributed by atoms with Crippen LogP contribution >= 0.6 is 0 Å². The summed E-state index contributed by atoms with van der Waals surface area (Å²) in [7, 11) is 1.53. The maximum Gasteiger partial charge on any atom is 0.307 e. The molecule has 1 fully saturated rings. The number of hydrogen-bond donors (Lipinski definition) is 3. The first-order valence-electron chi connectivity index (χ1n) is 7.25. The molecule has 2 amide bonds. The van der Waals surface area contributed by atoms with E-state index >= 15 is 0 Å². The molecule has 3 atom stereocenters. The summed E-state index contributed by atoms with van der Waals surface area (Å²) in [4.78, 5) is 34.8. The molecular weight excluding hydrogens is 276 g/mol. The molecule has 0 aliphatic heterocycles. The lowest BCUT2D eigenvalue weighted by Crippen LogP contribution is -2.42. The summed E-state index contributed by atoms with van der Waals surface area (Å²) >= 11 is 0. The molecule has 3 unspecified atom stereocenters. The Balaban J connectivity index is 2.43. The highest BCUT2D eigenvalue weighted by Gasteiger charge is 2.42. The number of hydrogen-bond acceptors (Lipinski definition) is 4. The van der Waals surface area contributed by atoms with Gasteiger partial charge in [-0.1, -0.05) is 13.3 Å². The van der Waals surface area contributed by atoms with Crippen LogP contribution in [-0.2, 0) is 19.1 Å². The quantitative estimate of drug-likeness (QED) is 0.547. The fraction of sp³-hybridized carbons (Fsp3) is 0.786. The largest absolute Gasteiger partial charge is 0.481 e. The molecule has 0 aromatic carbocycles. The zero-order valence-electron chi connectivity index (χ0n) is 12.6. The van der Waals surface area contributed by atoms with Gasteiger partial charge in [-0.05, 0) is 18.8 Å². The van der Waals surface area contributed by atoms with E-state index in [9.17, 15) is 19.5 Å². The SMILES string of the molecule is CCC1CC(C(=O)O)C(C(=O)NCC(=O)NCCOC)C1. The predicted molar refractivity (Wildman–Crippen MR) is 75.5 cm³/mol. The summed E-state index contributed by atoms with van der Waals surface area (Å²) < 4.78 is 4.80. The highest BCUT2D eigenvalue weighted by atomic mass is 16.5. The van der Waals surface area contributed by atoms with Crippen LogP contribution in [0.5, 0.6) is 0 Å². The van der Waals surface area contributed by atoms with Gasteiger partial charge in [-0.25, -0.2) is 0 Å². The van der Waals surface area contributed by atoms with E-state index in [0.29, 0.717) is 26.0 Å². The van der Waals surface area contributed by atoms with Crippen LogP contribution in [0, 0.1) is 17.8 Å². The Morgan fingerprint density at radius 1 is 1.19 bits per heavy atom. The van der Waals surface area contributed by atoms with E-state index in [0.717, 1.165) is 6.42 Å². The first kappa shape index (κ1) is 17.4. The summed E-state index contributed by atoms with van der Waals surface area (Å²) in [5, 5.41) is 14.3. The fourth-order valence-electron chi connectivity index (χ4n) is 2.69. The zero-order chi connectivity index (χ0) is 15.8. The van der Waals surface area contributed by atoms with E-state index in [4.69, 9.17) is 4.74 Å². The maximum atomic E-state index is 12.1. The molecule has 120 valence electrons. The minimum Gasteiger partial charge on any atom is -0.481 e. The Morgan fingerprint density at radius 2 is 1.86 bits per heavy atom. The van der Waals surface area contributed by atoms with Crippen molar-refractivity contribution in [2.45, 2.75) is 26.2 Å². The van der Waals surface area contributed by atoms with Crippen molar-refractivity contribution in [1.29, 1.82) is 0 Å². The Labute approximate surface area is 124 Å². The molecule has 1 rings (SSSR count). The number of rotatable bonds is 8. The number of ether oxygens (including phenoxy) is 1. The highest BCUT2D eigenvalue weighted by molar-refractivity contribution is 5.88. The predicted octanol–water partition coefficient (Wildman–Crippen LogP) is 0.00220. The van der Waals surface area contributed by atoms with Gasteiger partial charge < -0.3 is 20.5 Å². The Morgan fingerprint density at radius 3 is 2.43 bits per heavy atom. The van der Waals surface area contributed by atoms with Crippen molar-refractivity contribution in [2.24, 2.45) is 17.8 Å². The molecule has 3 N–H and O–H groups in total. The topological polar surface area (TPSA) is 105 Å². The molecule has 0 saturated heterocycles. The average Bonchev–Trinajstić information content (AvgIpc) is 2.89. The lowest BCUT2D eigenvalue weighted by Gasteiger charge is -2.15. The number of carboxylic acid groups (broad SMARTS) is 1. The molecule has 0 radical (unpaired) electrons. The van der Waals surface area contributed by atoms with Gasteiger partial charge in [0.2, 0.25) is 11.8 Å². The van der Waals surface area contributed by atoms with E-state index in [1.54, 1.807) is 0 Å². The van der Waals surface area contributed by atoms with Gasteiger partial charge in [-0.3, -0.25) is 14.4 Å². The van der Waals surface area contributed by atoms with Crippen LogP contribution in [0.2, 0.25) is 0 Å². The minimum absolute atomic E-state index is 0.137. The second kappa shape index (κ2) is 8.61. The summed E-state index contributed by atoms with van der Waals surface area (Å²) in [6.07, 6.45) is 1.97. The normalized spacial score (nSPS) is 24.6. The van der Waals surface area contributed by atoms with Crippen LogP contribution in [0.4, 0.5) is 0 Å². The van der Waals surface area contributed by atoms with Crippen LogP contribution in [0.1, 0.15) is 26.2 Å². The number of amides is 2. The summed E-state index contributed by atoms with van der Waals surface area (Å²) in [6, 6.07) is 0. The van der Waals surface area contributed by atoms with Gasteiger partial charge in [0.1, 0.15) is 0 Å². The molecule has 7 heteroatoms. The number of methoxy groups -OCH3 is 1. The number of carbonyl (C=O) groups excluding carboxylic acids is 2. The van der Waals surface area contributed by atoms with Crippen LogP contribution in [0.3, 0.4) is 0 Å². The summed E-state index contributed by atoms with van der Waals surface area (Å²) in [6.45, 7) is 2.64. The molecule has 0 aromatic heterocycles. The molecular formula is C14H24N2O5. The van der Waals surface area contributed by atoms with E-state index in [2.05, 4.69) is 10.6 Å². The molecule has 0 spiro atoms. The zero-order valence-corrected chi connectivity index (χ0v) is 12.6. The molecule has 1 aliphatic rings. The number of nitrogens with one attached hydrogen (secondary N) is 2. The van der Waals surface area contributed by atoms with Gasteiger partial charge in [0.05, 0.1) is 25.0 Å². The second-order valence-corrected chi connectivity index (χ2v) is 5.36. The standard InChI is InChI=1S/C14H24N2O5/c1-3-9-6-10(11(7-9)14(19)20)13(18)16-8-12(17)15-4-5-21-2/h9-11H,3-8H2,1-2H3,(H,15,17)(H,16,18)(H,19,20). The van der Waals surface area contributed by atoms with E-state index in [1.165, 1.54) is 7.11 Å². The average molecular weight is 300 g/mol. The van der Waals surface area contributed by atoms with Crippen LogP contribution in [-0.4, -0.2) is 49.7 Å². The van der Waals surface area contributed by atoms with E-state index in [-0.39, 0.29) is 24.3 Å². The van der Waals surface area contributed by atoms with Gasteiger partial charge in [0, 0.05) is 13.7 Å². The third-order valence-corrected chi connectivity index (χ3v) is 3.94. The van der Waals surface area contributed by atoms with Crippen molar-refractivity contribution in [3.05, 3.63) is 0 Å². The Bertz CT molecular complexity index is 386. The molecule has 1 saturated carbocycles. The first-order chi connectivity index (χ1) is 9.99. The lowest BCUT2D eigenvalue weighted by atomic mass is 9.95. The lowest BCUT2D eigenvalue weighted by molar-refractivity contribution is -0.146. The second-order valence-electron chi connectivity index (χ2n) is 5.36. The maximum absolute atomic E-state index is 12.1. The van der Waals surface area contributed by atoms with Crippen molar-refractivity contribution >= 4 is 17.8 Å². The minimum atomic E-state index is -0.935. The number of carboxylic acids is 1. The van der Waals surface area contributed by atoms with Crippen molar-refractivity contribution in [1.82, 2.24) is 10.6 Å². The smallest absolute Gasteiger partial charge is 0.307 e. The van der Waals surface area contributed by atoms with Gasteiger partial charge in [0.15, 0.2) is 0 Å². The van der Waals surface area contributed by atoms with Gasteiger partial charge >= 0.3 is 5.97 Å². The van der Waals surface area contributed by atoms with Gasteiger partial charge in [-0.15, -0.1) is 0 Å². The van der Waals surface area contributed by atoms with E-state index < -0.39 is 17.8 Å². The molecule has 21 heavy (non-hydrogen) atoms.